The number of aliphatic hydroxyl groups is 1. The lowest BCUT2D eigenvalue weighted by Crippen LogP contribution is -2.28. The van der Waals surface area contributed by atoms with Crippen molar-refractivity contribution in [3.63, 3.8) is 0 Å². The SMILES string of the molecule is Cc1cn2c(CNC(C)CC(O)c3cccs3)c(C)nc2s1. The Balaban J connectivity index is 1.62. The molecule has 3 aromatic heterocycles. The topological polar surface area (TPSA) is 49.6 Å². The van der Waals surface area contributed by atoms with Gasteiger partial charge in [-0.25, -0.2) is 4.98 Å². The summed E-state index contributed by atoms with van der Waals surface area (Å²) in [5, 5.41) is 15.7. The number of aryl methyl sites for hydroxylation is 2. The van der Waals surface area contributed by atoms with Gasteiger partial charge in [0.15, 0.2) is 4.96 Å². The Kier molecular flexibility index (Phi) is 4.63. The van der Waals surface area contributed by atoms with E-state index in [2.05, 4.69) is 41.7 Å². The summed E-state index contributed by atoms with van der Waals surface area (Å²) in [6, 6.07) is 4.20. The second-order valence-electron chi connectivity index (χ2n) is 5.69. The lowest BCUT2D eigenvalue weighted by Gasteiger charge is -2.17. The molecule has 0 saturated heterocycles. The molecular formula is C16H21N3OS2. The number of fused-ring (bicyclic) bond motifs is 1. The third-order valence-corrected chi connectivity index (χ3v) is 5.68. The van der Waals surface area contributed by atoms with E-state index in [9.17, 15) is 5.11 Å². The minimum Gasteiger partial charge on any atom is -0.388 e. The van der Waals surface area contributed by atoms with Crippen LogP contribution < -0.4 is 5.32 Å². The maximum atomic E-state index is 10.2. The number of rotatable bonds is 6. The van der Waals surface area contributed by atoms with Crippen molar-refractivity contribution in [1.29, 1.82) is 0 Å². The number of nitrogens with one attached hydrogen (secondary N) is 1. The number of aromatic nitrogens is 2. The Bertz CT molecular complexity index is 745. The molecule has 2 N–H and O–H groups in total. The first-order valence-electron chi connectivity index (χ1n) is 7.43. The molecule has 0 fully saturated rings. The molecule has 0 aliphatic carbocycles. The Labute approximate surface area is 138 Å². The molecule has 2 atom stereocenters. The van der Waals surface area contributed by atoms with E-state index >= 15 is 0 Å². The first-order valence-corrected chi connectivity index (χ1v) is 9.13. The zero-order valence-electron chi connectivity index (χ0n) is 13.0. The maximum Gasteiger partial charge on any atom is 0.194 e. The molecule has 0 aliphatic heterocycles. The van der Waals surface area contributed by atoms with Crippen LogP contribution in [0.15, 0.2) is 23.7 Å². The molecule has 0 bridgehead atoms. The summed E-state index contributed by atoms with van der Waals surface area (Å²) in [5.74, 6) is 0. The van der Waals surface area contributed by atoms with E-state index in [0.717, 1.165) is 22.1 Å². The Morgan fingerprint density at radius 3 is 2.95 bits per heavy atom. The standard InChI is InChI=1S/C16H21N3OS2/c1-10(7-14(20)15-5-4-6-21-15)17-8-13-12(3)18-16-19(13)9-11(2)22-16/h4-6,9-10,14,17,20H,7-8H2,1-3H3. The number of thiophene rings is 1. The molecule has 0 spiro atoms. The Morgan fingerprint density at radius 2 is 2.23 bits per heavy atom. The van der Waals surface area contributed by atoms with Crippen molar-refractivity contribution in [2.45, 2.75) is 45.9 Å². The summed E-state index contributed by atoms with van der Waals surface area (Å²) < 4.78 is 2.17. The number of imidazole rings is 1. The number of hydrogen-bond acceptors (Lipinski definition) is 5. The highest BCUT2D eigenvalue weighted by Crippen LogP contribution is 2.24. The zero-order chi connectivity index (χ0) is 15.7. The van der Waals surface area contributed by atoms with Crippen LogP contribution in [0.1, 0.15) is 40.6 Å². The summed E-state index contributed by atoms with van der Waals surface area (Å²) in [5.41, 5.74) is 2.28. The predicted molar refractivity (Wildman–Crippen MR) is 92.7 cm³/mol. The number of aliphatic hydroxyl groups excluding tert-OH is 1. The van der Waals surface area contributed by atoms with E-state index in [1.54, 1.807) is 22.7 Å². The number of nitrogens with zero attached hydrogens (tertiary/aromatic N) is 2. The third-order valence-electron chi connectivity index (χ3n) is 3.81. The lowest BCUT2D eigenvalue weighted by molar-refractivity contribution is 0.157. The van der Waals surface area contributed by atoms with Crippen LogP contribution in [0.5, 0.6) is 0 Å². The fourth-order valence-electron chi connectivity index (χ4n) is 2.61. The van der Waals surface area contributed by atoms with E-state index in [1.807, 2.05) is 17.5 Å². The lowest BCUT2D eigenvalue weighted by atomic mass is 10.1. The maximum absolute atomic E-state index is 10.2. The highest BCUT2D eigenvalue weighted by molar-refractivity contribution is 7.17. The summed E-state index contributed by atoms with van der Waals surface area (Å²) in [7, 11) is 0. The minimum atomic E-state index is -0.391. The van der Waals surface area contributed by atoms with E-state index in [0.29, 0.717) is 6.42 Å². The van der Waals surface area contributed by atoms with Crippen LogP contribution in [-0.4, -0.2) is 20.5 Å². The molecule has 2 unspecified atom stereocenters. The molecule has 0 aliphatic rings. The molecule has 22 heavy (non-hydrogen) atoms. The fraction of sp³-hybridized carbons (Fsp3) is 0.438. The van der Waals surface area contributed by atoms with Crippen molar-refractivity contribution >= 4 is 27.6 Å². The average molecular weight is 335 g/mol. The van der Waals surface area contributed by atoms with Crippen molar-refractivity contribution in [1.82, 2.24) is 14.7 Å². The molecule has 0 saturated carbocycles. The van der Waals surface area contributed by atoms with Gasteiger partial charge < -0.3 is 10.4 Å². The van der Waals surface area contributed by atoms with Crippen molar-refractivity contribution in [2.75, 3.05) is 0 Å². The molecule has 0 radical (unpaired) electrons. The van der Waals surface area contributed by atoms with Gasteiger partial charge in [0.05, 0.1) is 17.5 Å². The minimum absolute atomic E-state index is 0.238. The molecule has 0 aromatic carbocycles. The summed E-state index contributed by atoms with van der Waals surface area (Å²) in [4.78, 5) is 7.96. The van der Waals surface area contributed by atoms with Crippen LogP contribution in [0, 0.1) is 13.8 Å². The van der Waals surface area contributed by atoms with Crippen molar-refractivity contribution in [2.24, 2.45) is 0 Å². The van der Waals surface area contributed by atoms with E-state index in [4.69, 9.17) is 0 Å². The largest absolute Gasteiger partial charge is 0.388 e. The van der Waals surface area contributed by atoms with E-state index < -0.39 is 6.10 Å². The molecule has 0 amide bonds. The average Bonchev–Trinajstić information content (AvgIpc) is 3.13. The second-order valence-corrected chi connectivity index (χ2v) is 7.88. The quantitative estimate of drug-likeness (QED) is 0.722. The predicted octanol–water partition coefficient (Wildman–Crippen LogP) is 3.68. The van der Waals surface area contributed by atoms with E-state index in [1.165, 1.54) is 10.6 Å². The first kappa shape index (κ1) is 15.7. The highest BCUT2D eigenvalue weighted by atomic mass is 32.1. The molecule has 3 rings (SSSR count). The van der Waals surface area contributed by atoms with E-state index in [-0.39, 0.29) is 6.04 Å². The zero-order valence-corrected chi connectivity index (χ0v) is 14.7. The van der Waals surface area contributed by atoms with Gasteiger partial charge in [0.1, 0.15) is 0 Å². The monoisotopic (exact) mass is 335 g/mol. The van der Waals surface area contributed by atoms with Crippen LogP contribution in [0.3, 0.4) is 0 Å². The van der Waals surface area contributed by atoms with Crippen LogP contribution in [0.4, 0.5) is 0 Å². The van der Waals surface area contributed by atoms with Crippen LogP contribution >= 0.6 is 22.7 Å². The summed E-state index contributed by atoms with van der Waals surface area (Å²) >= 11 is 3.32. The molecule has 4 nitrogen and oxygen atoms in total. The van der Waals surface area contributed by atoms with Gasteiger partial charge in [-0.05, 0) is 38.6 Å². The summed E-state index contributed by atoms with van der Waals surface area (Å²) in [6.45, 7) is 7.04. The number of thiazole rings is 1. The molecule has 118 valence electrons. The van der Waals surface area contributed by atoms with Gasteiger partial charge in [0.2, 0.25) is 0 Å². The second kappa shape index (κ2) is 6.50. The third kappa shape index (κ3) is 3.25. The molecule has 3 aromatic rings. The van der Waals surface area contributed by atoms with Crippen LogP contribution in [0.2, 0.25) is 0 Å². The highest BCUT2D eigenvalue weighted by Gasteiger charge is 2.15. The molecular weight excluding hydrogens is 314 g/mol. The smallest absolute Gasteiger partial charge is 0.194 e. The van der Waals surface area contributed by atoms with Crippen molar-refractivity contribution in [3.8, 4) is 0 Å². The number of hydrogen-bond donors (Lipinski definition) is 2. The van der Waals surface area contributed by atoms with Gasteiger partial charge in [0, 0.05) is 28.5 Å². The van der Waals surface area contributed by atoms with Gasteiger partial charge in [-0.2, -0.15) is 0 Å². The summed E-state index contributed by atoms with van der Waals surface area (Å²) in [6.07, 6.45) is 2.46. The van der Waals surface area contributed by atoms with Crippen molar-refractivity contribution in [3.05, 3.63) is 44.9 Å². The Morgan fingerprint density at radius 1 is 1.41 bits per heavy atom. The van der Waals surface area contributed by atoms with Gasteiger partial charge in [-0.3, -0.25) is 4.40 Å². The molecule has 6 heteroatoms. The normalized spacial score (nSPS) is 14.5. The first-order chi connectivity index (χ1) is 10.5. The van der Waals surface area contributed by atoms with Gasteiger partial charge in [0.25, 0.3) is 0 Å². The Hall–Kier alpha value is -1.21. The fourth-order valence-corrected chi connectivity index (χ4v) is 4.22. The van der Waals surface area contributed by atoms with Gasteiger partial charge >= 0.3 is 0 Å². The van der Waals surface area contributed by atoms with Gasteiger partial charge in [-0.15, -0.1) is 22.7 Å². The van der Waals surface area contributed by atoms with Crippen LogP contribution in [-0.2, 0) is 6.54 Å². The van der Waals surface area contributed by atoms with Gasteiger partial charge in [-0.1, -0.05) is 6.07 Å². The van der Waals surface area contributed by atoms with Crippen molar-refractivity contribution < 1.29 is 5.11 Å². The van der Waals surface area contributed by atoms with Crippen LogP contribution in [0.25, 0.3) is 4.96 Å². The molecule has 3 heterocycles.